The third-order valence-corrected chi connectivity index (χ3v) is 1.79. The van der Waals surface area contributed by atoms with Gasteiger partial charge in [0.1, 0.15) is 6.04 Å². The zero-order valence-electron chi connectivity index (χ0n) is 7.01. The maximum absolute atomic E-state index is 10.4. The Hall–Kier alpha value is -0.720. The van der Waals surface area contributed by atoms with Crippen LogP contribution < -0.4 is 11.5 Å². The second-order valence-corrected chi connectivity index (χ2v) is 2.87. The van der Waals surface area contributed by atoms with Gasteiger partial charge in [-0.15, -0.1) is 12.4 Å². The van der Waals surface area contributed by atoms with Gasteiger partial charge >= 0.3 is 5.97 Å². The van der Waals surface area contributed by atoms with Crippen LogP contribution in [0.3, 0.4) is 0 Å². The summed E-state index contributed by atoms with van der Waals surface area (Å²) in [5.74, 6) is -1.02. The number of rotatable bonds is 5. The maximum atomic E-state index is 10.4. The molecule has 0 bridgehead atoms. The summed E-state index contributed by atoms with van der Waals surface area (Å²) >= 11 is 0. The molecule has 1 heterocycles. The summed E-state index contributed by atoms with van der Waals surface area (Å²) < 4.78 is 0. The average Bonchev–Trinajstić information content (AvgIpc) is 2.69. The molecule has 0 aromatic heterocycles. The van der Waals surface area contributed by atoms with E-state index in [0.717, 1.165) is 0 Å². The Morgan fingerprint density at radius 1 is 1.54 bits per heavy atom. The minimum absolute atomic E-state index is 0. The number of halogens is 1. The van der Waals surface area contributed by atoms with Crippen LogP contribution in [0.2, 0.25) is 0 Å². The molecule has 0 amide bonds. The van der Waals surface area contributed by atoms with Gasteiger partial charge < -0.3 is 16.6 Å². The third-order valence-electron chi connectivity index (χ3n) is 1.79. The molecule has 5 N–H and O–H groups in total. The lowest BCUT2D eigenvalue weighted by molar-refractivity contribution is -0.138. The Kier molecular flexibility index (Phi) is 4.25. The van der Waals surface area contributed by atoms with Crippen LogP contribution in [0.5, 0.6) is 0 Å². The molecule has 0 saturated heterocycles. The van der Waals surface area contributed by atoms with Crippen molar-refractivity contribution in [3.8, 4) is 0 Å². The SMILES string of the molecule is Cl.NCCC1(C[C@H](N)C(=O)O)N=N1. The van der Waals surface area contributed by atoms with Crippen LogP contribution >= 0.6 is 12.4 Å². The summed E-state index contributed by atoms with van der Waals surface area (Å²) in [6.45, 7) is 0.444. The van der Waals surface area contributed by atoms with Crippen molar-refractivity contribution in [1.82, 2.24) is 0 Å². The van der Waals surface area contributed by atoms with Crippen LogP contribution in [-0.4, -0.2) is 29.3 Å². The van der Waals surface area contributed by atoms with Gasteiger partial charge in [0.05, 0.1) is 0 Å². The lowest BCUT2D eigenvalue weighted by Crippen LogP contribution is -2.36. The molecular weight excluding hydrogens is 196 g/mol. The van der Waals surface area contributed by atoms with Gasteiger partial charge in [0.2, 0.25) is 0 Å². The summed E-state index contributed by atoms with van der Waals surface area (Å²) in [5.41, 5.74) is 10.0. The van der Waals surface area contributed by atoms with E-state index >= 15 is 0 Å². The van der Waals surface area contributed by atoms with Gasteiger partial charge in [-0.25, -0.2) is 0 Å². The first-order valence-corrected chi connectivity index (χ1v) is 3.72. The summed E-state index contributed by atoms with van der Waals surface area (Å²) in [5, 5.41) is 16.0. The molecule has 6 nitrogen and oxygen atoms in total. The van der Waals surface area contributed by atoms with E-state index in [4.69, 9.17) is 16.6 Å². The van der Waals surface area contributed by atoms with Gasteiger partial charge in [0.25, 0.3) is 0 Å². The summed E-state index contributed by atoms with van der Waals surface area (Å²) in [7, 11) is 0. The van der Waals surface area contributed by atoms with Gasteiger partial charge in [-0.05, 0) is 6.54 Å². The number of hydrogen-bond acceptors (Lipinski definition) is 5. The highest BCUT2D eigenvalue weighted by Gasteiger charge is 2.41. The maximum Gasteiger partial charge on any atom is 0.320 e. The Bertz CT molecular complexity index is 215. The van der Waals surface area contributed by atoms with E-state index in [0.29, 0.717) is 13.0 Å². The second kappa shape index (κ2) is 4.50. The normalized spacial score (nSPS) is 18.9. The minimum atomic E-state index is -1.02. The average molecular weight is 209 g/mol. The van der Waals surface area contributed by atoms with Crippen LogP contribution in [0.1, 0.15) is 12.8 Å². The van der Waals surface area contributed by atoms with Crippen molar-refractivity contribution in [1.29, 1.82) is 0 Å². The number of carboxylic acids is 1. The largest absolute Gasteiger partial charge is 0.480 e. The fourth-order valence-corrected chi connectivity index (χ4v) is 1.03. The van der Waals surface area contributed by atoms with Crippen molar-refractivity contribution >= 4 is 18.4 Å². The van der Waals surface area contributed by atoms with Crippen molar-refractivity contribution in [2.24, 2.45) is 21.7 Å². The molecule has 0 radical (unpaired) electrons. The number of aliphatic carboxylic acids is 1. The van der Waals surface area contributed by atoms with Crippen LogP contribution in [0.15, 0.2) is 10.2 Å². The summed E-state index contributed by atoms with van der Waals surface area (Å²) in [4.78, 5) is 10.4. The predicted octanol–water partition coefficient (Wildman–Crippen LogP) is -0.279. The van der Waals surface area contributed by atoms with E-state index in [1.165, 1.54) is 0 Å². The lowest BCUT2D eigenvalue weighted by Gasteiger charge is -2.11. The van der Waals surface area contributed by atoms with Gasteiger partial charge in [0, 0.05) is 12.8 Å². The van der Waals surface area contributed by atoms with E-state index in [-0.39, 0.29) is 18.8 Å². The van der Waals surface area contributed by atoms with E-state index in [2.05, 4.69) is 10.2 Å². The van der Waals surface area contributed by atoms with Gasteiger partial charge in [-0.1, -0.05) is 0 Å². The Morgan fingerprint density at radius 2 is 2.08 bits per heavy atom. The Balaban J connectivity index is 0.00000144. The third kappa shape index (κ3) is 3.25. The molecular formula is C6H13ClN4O2. The standard InChI is InChI=1S/C6H12N4O2.ClH/c7-2-1-6(9-10-6)3-4(8)5(11)12;/h4H,1-3,7-8H2,(H,11,12);1H/t4-;/m0./s1. The number of nitrogens with zero attached hydrogens (tertiary/aromatic N) is 2. The molecule has 76 valence electrons. The smallest absolute Gasteiger partial charge is 0.320 e. The molecule has 0 unspecified atom stereocenters. The van der Waals surface area contributed by atoms with Crippen molar-refractivity contribution in [2.75, 3.05) is 6.54 Å². The zero-order valence-corrected chi connectivity index (χ0v) is 7.83. The van der Waals surface area contributed by atoms with Crippen molar-refractivity contribution < 1.29 is 9.90 Å². The van der Waals surface area contributed by atoms with E-state index in [9.17, 15) is 4.79 Å². The highest BCUT2D eigenvalue weighted by molar-refractivity contribution is 5.85. The van der Waals surface area contributed by atoms with E-state index < -0.39 is 17.7 Å². The molecule has 7 heteroatoms. The molecule has 0 aliphatic carbocycles. The number of carbonyl (C=O) groups is 1. The number of carboxylic acid groups (broad SMARTS) is 1. The lowest BCUT2D eigenvalue weighted by atomic mass is 10.0. The van der Waals surface area contributed by atoms with Crippen LogP contribution in [0, 0.1) is 0 Å². The predicted molar refractivity (Wildman–Crippen MR) is 48.7 cm³/mol. The summed E-state index contributed by atoms with van der Waals surface area (Å²) in [6.07, 6.45) is 0.827. The number of nitrogens with two attached hydrogens (primary N) is 2. The summed E-state index contributed by atoms with van der Waals surface area (Å²) in [6, 6.07) is -0.897. The molecule has 13 heavy (non-hydrogen) atoms. The molecule has 1 aliphatic heterocycles. The first-order chi connectivity index (χ1) is 5.59. The first kappa shape index (κ1) is 12.3. The molecule has 0 spiro atoms. The topological polar surface area (TPSA) is 114 Å². The fraction of sp³-hybridized carbons (Fsp3) is 0.833. The molecule has 0 saturated carbocycles. The highest BCUT2D eigenvalue weighted by atomic mass is 35.5. The van der Waals surface area contributed by atoms with Crippen LogP contribution in [0.4, 0.5) is 0 Å². The zero-order chi connectivity index (χ0) is 9.19. The fourth-order valence-electron chi connectivity index (χ4n) is 1.03. The Morgan fingerprint density at radius 3 is 2.38 bits per heavy atom. The molecule has 1 aliphatic rings. The van der Waals surface area contributed by atoms with Crippen molar-refractivity contribution in [2.45, 2.75) is 24.5 Å². The molecule has 1 atom stereocenters. The van der Waals surface area contributed by atoms with Gasteiger partial charge in [0.15, 0.2) is 5.66 Å². The monoisotopic (exact) mass is 208 g/mol. The second-order valence-electron chi connectivity index (χ2n) is 2.87. The molecule has 0 aromatic carbocycles. The van der Waals surface area contributed by atoms with Crippen molar-refractivity contribution in [3.05, 3.63) is 0 Å². The minimum Gasteiger partial charge on any atom is -0.480 e. The van der Waals surface area contributed by atoms with Crippen molar-refractivity contribution in [3.63, 3.8) is 0 Å². The van der Waals surface area contributed by atoms with Gasteiger partial charge in [-0.2, -0.15) is 10.2 Å². The Labute approximate surface area is 81.8 Å². The molecule has 1 rings (SSSR count). The molecule has 0 aromatic rings. The molecule has 0 fully saturated rings. The first-order valence-electron chi connectivity index (χ1n) is 3.72. The van der Waals surface area contributed by atoms with Crippen LogP contribution in [0.25, 0.3) is 0 Å². The quantitative estimate of drug-likeness (QED) is 0.577. The number of hydrogen-bond donors (Lipinski definition) is 3. The van der Waals surface area contributed by atoms with E-state index in [1.54, 1.807) is 0 Å². The van der Waals surface area contributed by atoms with Crippen LogP contribution in [-0.2, 0) is 4.79 Å². The van der Waals surface area contributed by atoms with E-state index in [1.807, 2.05) is 0 Å². The highest BCUT2D eigenvalue weighted by Crippen LogP contribution is 2.35. The van der Waals surface area contributed by atoms with Gasteiger partial charge in [-0.3, -0.25) is 4.79 Å².